The maximum atomic E-state index is 12.3. The molecule has 0 atom stereocenters. The number of hydrogen-bond acceptors (Lipinski definition) is 4. The molecule has 0 saturated heterocycles. The van der Waals surface area contributed by atoms with E-state index in [1.54, 1.807) is 38.6 Å². The summed E-state index contributed by atoms with van der Waals surface area (Å²) < 4.78 is 7.23. The number of anilines is 1. The van der Waals surface area contributed by atoms with Crippen molar-refractivity contribution in [2.24, 2.45) is 0 Å². The van der Waals surface area contributed by atoms with E-state index in [1.807, 2.05) is 41.8 Å². The highest BCUT2D eigenvalue weighted by molar-refractivity contribution is 5.97. The van der Waals surface area contributed by atoms with Crippen LogP contribution in [0.15, 0.2) is 54.9 Å². The molecule has 1 amide bonds. The molecule has 3 aromatic rings. The molecule has 0 aliphatic heterocycles. The van der Waals surface area contributed by atoms with Crippen LogP contribution < -0.4 is 10.1 Å². The molecule has 0 aliphatic rings. The summed E-state index contributed by atoms with van der Waals surface area (Å²) >= 11 is 0. The highest BCUT2D eigenvalue weighted by Crippen LogP contribution is 2.28. The molecule has 0 unspecified atom stereocenters. The van der Waals surface area contributed by atoms with Crippen molar-refractivity contribution in [2.45, 2.75) is 26.8 Å². The zero-order valence-corrected chi connectivity index (χ0v) is 16.2. The lowest BCUT2D eigenvalue weighted by Crippen LogP contribution is -2.15. The Balaban J connectivity index is 1.84. The van der Waals surface area contributed by atoms with Crippen molar-refractivity contribution in [2.75, 3.05) is 12.4 Å². The predicted molar refractivity (Wildman–Crippen MR) is 109 cm³/mol. The summed E-state index contributed by atoms with van der Waals surface area (Å²) in [6.07, 6.45) is 3.55. The Hall–Kier alpha value is -3.41. The summed E-state index contributed by atoms with van der Waals surface area (Å²) in [6, 6.07) is 13.1. The van der Waals surface area contributed by atoms with Gasteiger partial charge in [0.25, 0.3) is 0 Å². The van der Waals surface area contributed by atoms with Crippen molar-refractivity contribution in [3.63, 3.8) is 0 Å². The average molecular weight is 377 g/mol. The van der Waals surface area contributed by atoms with Gasteiger partial charge in [-0.3, -0.25) is 14.6 Å². The molecule has 6 heteroatoms. The fraction of sp³-hybridized carbons (Fsp3) is 0.227. The number of pyridine rings is 1. The van der Waals surface area contributed by atoms with Crippen LogP contribution in [0.2, 0.25) is 0 Å². The number of aromatic nitrogens is 2. The zero-order chi connectivity index (χ0) is 20.1. The van der Waals surface area contributed by atoms with Gasteiger partial charge < -0.3 is 14.6 Å². The quantitative estimate of drug-likeness (QED) is 0.629. The van der Waals surface area contributed by atoms with E-state index in [4.69, 9.17) is 4.74 Å². The Kier molecular flexibility index (Phi) is 5.89. The lowest BCUT2D eigenvalue weighted by molar-refractivity contribution is -0.116. The lowest BCUT2D eigenvalue weighted by Gasteiger charge is -2.13. The summed E-state index contributed by atoms with van der Waals surface area (Å²) in [5.74, 6) is 0.665. The zero-order valence-electron chi connectivity index (χ0n) is 16.2. The van der Waals surface area contributed by atoms with E-state index in [0.717, 1.165) is 22.7 Å². The molecule has 2 aromatic heterocycles. The largest absolute Gasteiger partial charge is 0.497 e. The number of ketones is 1. The number of rotatable bonds is 7. The third kappa shape index (κ3) is 4.28. The van der Waals surface area contributed by atoms with Gasteiger partial charge in [-0.2, -0.15) is 0 Å². The van der Waals surface area contributed by atoms with Crippen LogP contribution in [0.5, 0.6) is 5.75 Å². The maximum Gasteiger partial charge on any atom is 0.226 e. The standard InChI is InChI=1S/C22H23N3O3/c1-15-20(16(2)26)13-21(17-6-8-19(28-3)9-7-17)25(15)12-10-22(27)24-18-5-4-11-23-14-18/h4-9,11,13-14H,10,12H2,1-3H3,(H,24,27). The maximum absolute atomic E-state index is 12.3. The molecule has 0 saturated carbocycles. The van der Waals surface area contributed by atoms with Gasteiger partial charge >= 0.3 is 0 Å². The van der Waals surface area contributed by atoms with Crippen molar-refractivity contribution in [1.82, 2.24) is 9.55 Å². The van der Waals surface area contributed by atoms with E-state index in [-0.39, 0.29) is 18.1 Å². The molecule has 144 valence electrons. The van der Waals surface area contributed by atoms with Crippen molar-refractivity contribution in [3.8, 4) is 17.0 Å². The second-order valence-electron chi connectivity index (χ2n) is 6.50. The third-order valence-corrected chi connectivity index (χ3v) is 4.64. The first-order valence-electron chi connectivity index (χ1n) is 9.05. The van der Waals surface area contributed by atoms with E-state index >= 15 is 0 Å². The van der Waals surface area contributed by atoms with Crippen LogP contribution in [0.1, 0.15) is 29.4 Å². The van der Waals surface area contributed by atoms with Crippen LogP contribution in [0.3, 0.4) is 0 Å². The molecule has 0 bridgehead atoms. The van der Waals surface area contributed by atoms with Crippen LogP contribution in [0.25, 0.3) is 11.3 Å². The fourth-order valence-electron chi connectivity index (χ4n) is 3.16. The van der Waals surface area contributed by atoms with E-state index < -0.39 is 0 Å². The molecule has 1 N–H and O–H groups in total. The number of benzene rings is 1. The van der Waals surface area contributed by atoms with Crippen molar-refractivity contribution < 1.29 is 14.3 Å². The SMILES string of the molecule is COc1ccc(-c2cc(C(C)=O)c(C)n2CCC(=O)Nc2cccnc2)cc1. The molecule has 2 heterocycles. The number of ether oxygens (including phenoxy) is 1. The van der Waals surface area contributed by atoms with Crippen LogP contribution in [-0.4, -0.2) is 28.4 Å². The van der Waals surface area contributed by atoms with E-state index in [1.165, 1.54) is 0 Å². The van der Waals surface area contributed by atoms with E-state index in [0.29, 0.717) is 17.8 Å². The van der Waals surface area contributed by atoms with Crippen molar-refractivity contribution in [3.05, 3.63) is 66.1 Å². The topological polar surface area (TPSA) is 73.2 Å². The third-order valence-electron chi connectivity index (χ3n) is 4.64. The first-order valence-corrected chi connectivity index (χ1v) is 9.05. The summed E-state index contributed by atoms with van der Waals surface area (Å²) in [7, 11) is 1.62. The van der Waals surface area contributed by atoms with Gasteiger partial charge in [-0.15, -0.1) is 0 Å². The molecule has 0 spiro atoms. The Bertz CT molecular complexity index is 976. The minimum absolute atomic E-state index is 0.00539. The highest BCUT2D eigenvalue weighted by Gasteiger charge is 2.17. The van der Waals surface area contributed by atoms with Gasteiger partial charge in [0.1, 0.15) is 5.75 Å². The molecule has 0 aliphatic carbocycles. The van der Waals surface area contributed by atoms with Gasteiger partial charge in [0, 0.05) is 36.1 Å². The monoisotopic (exact) mass is 377 g/mol. The summed E-state index contributed by atoms with van der Waals surface area (Å²) in [5, 5.41) is 2.84. The minimum atomic E-state index is -0.105. The van der Waals surface area contributed by atoms with Gasteiger partial charge in [-0.25, -0.2) is 0 Å². The van der Waals surface area contributed by atoms with Gasteiger partial charge in [-0.05, 0) is 61.9 Å². The van der Waals surface area contributed by atoms with Gasteiger partial charge in [0.05, 0.1) is 19.0 Å². The number of methoxy groups -OCH3 is 1. The van der Waals surface area contributed by atoms with Gasteiger partial charge in [0.2, 0.25) is 5.91 Å². The second-order valence-corrected chi connectivity index (χ2v) is 6.50. The number of carbonyl (C=O) groups excluding carboxylic acids is 2. The molecule has 28 heavy (non-hydrogen) atoms. The smallest absolute Gasteiger partial charge is 0.226 e. The van der Waals surface area contributed by atoms with Crippen LogP contribution in [0.4, 0.5) is 5.69 Å². The molecule has 6 nitrogen and oxygen atoms in total. The Morgan fingerprint density at radius 2 is 1.93 bits per heavy atom. The van der Waals surface area contributed by atoms with Crippen LogP contribution in [0, 0.1) is 6.92 Å². The minimum Gasteiger partial charge on any atom is -0.497 e. The number of Topliss-reactive ketones (excluding diaryl/α,β-unsaturated/α-hetero) is 1. The molecule has 1 aromatic carbocycles. The van der Waals surface area contributed by atoms with Crippen molar-refractivity contribution in [1.29, 1.82) is 0 Å². The molecule has 0 fully saturated rings. The Morgan fingerprint density at radius 1 is 1.18 bits per heavy atom. The molecule has 0 radical (unpaired) electrons. The fourth-order valence-corrected chi connectivity index (χ4v) is 3.16. The predicted octanol–water partition coefficient (Wildman–Crippen LogP) is 4.10. The summed E-state index contributed by atoms with van der Waals surface area (Å²) in [6.45, 7) is 3.93. The molecule has 3 rings (SSSR count). The number of amides is 1. The average Bonchev–Trinajstić information content (AvgIpc) is 3.04. The first kappa shape index (κ1) is 19.4. The number of carbonyl (C=O) groups is 2. The molecular weight excluding hydrogens is 354 g/mol. The highest BCUT2D eigenvalue weighted by atomic mass is 16.5. The number of nitrogens with one attached hydrogen (secondary N) is 1. The summed E-state index contributed by atoms with van der Waals surface area (Å²) in [5.41, 5.74) is 4.05. The van der Waals surface area contributed by atoms with Gasteiger partial charge in [-0.1, -0.05) is 0 Å². The van der Waals surface area contributed by atoms with E-state index in [9.17, 15) is 9.59 Å². The Morgan fingerprint density at radius 3 is 2.54 bits per heavy atom. The van der Waals surface area contributed by atoms with Crippen molar-refractivity contribution >= 4 is 17.4 Å². The summed E-state index contributed by atoms with van der Waals surface area (Å²) in [4.78, 5) is 28.3. The van der Waals surface area contributed by atoms with Crippen LogP contribution in [-0.2, 0) is 11.3 Å². The van der Waals surface area contributed by atoms with Gasteiger partial charge in [0.15, 0.2) is 5.78 Å². The molecular formula is C22H23N3O3. The van der Waals surface area contributed by atoms with Crippen LogP contribution >= 0.6 is 0 Å². The second kappa shape index (κ2) is 8.52. The lowest BCUT2D eigenvalue weighted by atomic mass is 10.1. The van der Waals surface area contributed by atoms with E-state index in [2.05, 4.69) is 10.3 Å². The normalized spacial score (nSPS) is 10.5. The number of hydrogen-bond donors (Lipinski definition) is 1. The first-order chi connectivity index (χ1) is 13.5. The Labute approximate surface area is 164 Å². The number of nitrogens with zero attached hydrogens (tertiary/aromatic N) is 2.